The first kappa shape index (κ1) is 21.0. The fourth-order valence-electron chi connectivity index (χ4n) is 4.18. The topological polar surface area (TPSA) is 59.5 Å². The van der Waals surface area contributed by atoms with Gasteiger partial charge in [0.25, 0.3) is 5.91 Å². The number of anilines is 1. The van der Waals surface area contributed by atoms with Crippen molar-refractivity contribution in [2.45, 2.75) is 39.0 Å². The summed E-state index contributed by atoms with van der Waals surface area (Å²) in [4.78, 5) is 32.2. The minimum Gasteiger partial charge on any atom is -0.452 e. The number of nitrogens with zero attached hydrogens (tertiary/aromatic N) is 2. The summed E-state index contributed by atoms with van der Waals surface area (Å²) >= 11 is 0. The molecule has 0 bridgehead atoms. The van der Waals surface area contributed by atoms with Crippen molar-refractivity contribution in [2.75, 3.05) is 18.1 Å². The van der Waals surface area contributed by atoms with Crippen LogP contribution in [0.4, 0.5) is 10.1 Å². The Morgan fingerprint density at radius 3 is 2.55 bits per heavy atom. The van der Waals surface area contributed by atoms with E-state index in [-0.39, 0.29) is 18.3 Å². The Kier molecular flexibility index (Phi) is 6.26. The summed E-state index contributed by atoms with van der Waals surface area (Å²) in [7, 11) is 0. The van der Waals surface area contributed by atoms with Crippen LogP contribution < -0.4 is 4.90 Å². The number of benzene rings is 2. The zero-order valence-electron chi connectivity index (χ0n) is 17.6. The Morgan fingerprint density at radius 2 is 1.77 bits per heavy atom. The number of fused-ring (bicyclic) bond motifs is 2. The van der Waals surface area contributed by atoms with Gasteiger partial charge in [-0.1, -0.05) is 24.6 Å². The van der Waals surface area contributed by atoms with Crippen molar-refractivity contribution in [1.29, 1.82) is 0 Å². The SMILES string of the molecule is CCN(C(=O)COC(=O)c1c2c(nc3ccccc13)CCCCC2)c1ccc(F)cc1. The van der Waals surface area contributed by atoms with Gasteiger partial charge in [0.15, 0.2) is 6.61 Å². The molecule has 0 unspecified atom stereocenters. The molecule has 1 amide bonds. The van der Waals surface area contributed by atoms with E-state index in [2.05, 4.69) is 0 Å². The molecule has 1 heterocycles. The molecule has 0 saturated heterocycles. The molecule has 0 atom stereocenters. The first-order valence-electron chi connectivity index (χ1n) is 10.7. The largest absolute Gasteiger partial charge is 0.452 e. The molecule has 1 aliphatic carbocycles. The maximum Gasteiger partial charge on any atom is 0.339 e. The normalized spacial score (nSPS) is 13.4. The van der Waals surface area contributed by atoms with Gasteiger partial charge in [-0.25, -0.2) is 9.18 Å². The second-order valence-corrected chi connectivity index (χ2v) is 7.68. The molecule has 3 aromatic rings. The third-order valence-corrected chi connectivity index (χ3v) is 5.71. The molecule has 0 aliphatic heterocycles. The summed E-state index contributed by atoms with van der Waals surface area (Å²) in [5.41, 5.74) is 3.76. The minimum atomic E-state index is -0.500. The predicted octanol–water partition coefficient (Wildman–Crippen LogP) is 4.85. The summed E-state index contributed by atoms with van der Waals surface area (Å²) in [6, 6.07) is 13.2. The number of aryl methyl sites for hydroxylation is 1. The number of pyridine rings is 1. The van der Waals surface area contributed by atoms with Crippen LogP contribution in [0.2, 0.25) is 0 Å². The number of likely N-dealkylation sites (N-methyl/N-ethyl adjacent to an activating group) is 1. The van der Waals surface area contributed by atoms with Crippen LogP contribution in [0.1, 0.15) is 47.8 Å². The zero-order chi connectivity index (χ0) is 21.8. The molecule has 0 spiro atoms. The van der Waals surface area contributed by atoms with E-state index in [0.29, 0.717) is 17.8 Å². The Morgan fingerprint density at radius 1 is 1.03 bits per heavy atom. The van der Waals surface area contributed by atoms with Crippen LogP contribution in [0.25, 0.3) is 10.9 Å². The molecular formula is C25H25FN2O3. The molecule has 0 saturated carbocycles. The molecule has 2 aromatic carbocycles. The van der Waals surface area contributed by atoms with Gasteiger partial charge in [0.2, 0.25) is 0 Å². The molecule has 0 radical (unpaired) electrons. The number of halogens is 1. The number of hydrogen-bond acceptors (Lipinski definition) is 4. The lowest BCUT2D eigenvalue weighted by molar-refractivity contribution is -0.121. The van der Waals surface area contributed by atoms with Crippen molar-refractivity contribution >= 4 is 28.5 Å². The summed E-state index contributed by atoms with van der Waals surface area (Å²) in [5.74, 6) is -1.23. The number of aromatic nitrogens is 1. The quantitative estimate of drug-likeness (QED) is 0.437. The van der Waals surface area contributed by atoms with E-state index in [4.69, 9.17) is 9.72 Å². The van der Waals surface area contributed by atoms with Crippen molar-refractivity contribution in [1.82, 2.24) is 4.98 Å². The average molecular weight is 420 g/mol. The van der Waals surface area contributed by atoms with Crippen LogP contribution in [-0.4, -0.2) is 30.0 Å². The summed E-state index contributed by atoms with van der Waals surface area (Å²) in [6.45, 7) is 1.82. The number of ether oxygens (including phenoxy) is 1. The lowest BCUT2D eigenvalue weighted by Gasteiger charge is -2.21. The van der Waals surface area contributed by atoms with E-state index in [9.17, 15) is 14.0 Å². The Balaban J connectivity index is 1.59. The number of hydrogen-bond donors (Lipinski definition) is 0. The molecule has 31 heavy (non-hydrogen) atoms. The zero-order valence-corrected chi connectivity index (χ0v) is 17.6. The maximum atomic E-state index is 13.2. The van der Waals surface area contributed by atoms with Gasteiger partial charge in [0.1, 0.15) is 5.82 Å². The fraction of sp³-hybridized carbons (Fsp3) is 0.320. The summed E-state index contributed by atoms with van der Waals surface area (Å²) in [5, 5.41) is 0.756. The van der Waals surface area contributed by atoms with Gasteiger partial charge in [-0.15, -0.1) is 0 Å². The van der Waals surface area contributed by atoms with Crippen molar-refractivity contribution < 1.29 is 18.7 Å². The third-order valence-electron chi connectivity index (χ3n) is 5.71. The van der Waals surface area contributed by atoms with Crippen LogP contribution in [0, 0.1) is 5.82 Å². The third kappa shape index (κ3) is 4.43. The second kappa shape index (κ2) is 9.25. The highest BCUT2D eigenvalue weighted by Gasteiger charge is 2.24. The van der Waals surface area contributed by atoms with Crippen LogP contribution in [0.3, 0.4) is 0 Å². The van der Waals surface area contributed by atoms with Gasteiger partial charge in [-0.05, 0) is 68.5 Å². The van der Waals surface area contributed by atoms with E-state index in [0.717, 1.165) is 54.3 Å². The minimum absolute atomic E-state index is 0.355. The summed E-state index contributed by atoms with van der Waals surface area (Å²) in [6.07, 6.45) is 4.77. The molecule has 6 heteroatoms. The standard InChI is InChI=1S/C25H25FN2O3/c1-2-28(18-14-12-17(26)13-15-18)23(29)16-31-25(30)24-19-8-4-3-5-10-21(19)27-22-11-7-6-9-20(22)24/h6-7,9,11-15H,2-5,8,10,16H2,1H3. The van der Waals surface area contributed by atoms with Gasteiger partial charge in [0, 0.05) is 23.3 Å². The highest BCUT2D eigenvalue weighted by atomic mass is 19.1. The Labute approximate surface area is 180 Å². The monoisotopic (exact) mass is 420 g/mol. The smallest absolute Gasteiger partial charge is 0.339 e. The van der Waals surface area contributed by atoms with E-state index in [1.807, 2.05) is 31.2 Å². The fourth-order valence-corrected chi connectivity index (χ4v) is 4.18. The van der Waals surface area contributed by atoms with E-state index in [1.54, 1.807) is 0 Å². The lowest BCUT2D eigenvalue weighted by Crippen LogP contribution is -2.34. The van der Waals surface area contributed by atoms with Gasteiger partial charge < -0.3 is 9.64 Å². The molecule has 4 rings (SSSR count). The Hall–Kier alpha value is -3.28. The molecule has 0 N–H and O–H groups in total. The molecule has 1 aromatic heterocycles. The summed E-state index contributed by atoms with van der Waals surface area (Å²) < 4.78 is 18.7. The van der Waals surface area contributed by atoms with Crippen molar-refractivity contribution in [3.8, 4) is 0 Å². The molecule has 0 fully saturated rings. The first-order valence-corrected chi connectivity index (χ1v) is 10.7. The predicted molar refractivity (Wildman–Crippen MR) is 118 cm³/mol. The number of para-hydroxylation sites is 1. The van der Waals surface area contributed by atoms with Crippen molar-refractivity contribution in [3.63, 3.8) is 0 Å². The van der Waals surface area contributed by atoms with E-state index < -0.39 is 5.97 Å². The second-order valence-electron chi connectivity index (χ2n) is 7.68. The van der Waals surface area contributed by atoms with Crippen LogP contribution >= 0.6 is 0 Å². The van der Waals surface area contributed by atoms with Crippen LogP contribution in [0.5, 0.6) is 0 Å². The molecule has 5 nitrogen and oxygen atoms in total. The number of esters is 1. The van der Waals surface area contributed by atoms with Crippen LogP contribution in [0.15, 0.2) is 48.5 Å². The van der Waals surface area contributed by atoms with E-state index in [1.165, 1.54) is 29.2 Å². The number of carbonyl (C=O) groups excluding carboxylic acids is 2. The first-order chi connectivity index (χ1) is 15.1. The molecule has 160 valence electrons. The van der Waals surface area contributed by atoms with Gasteiger partial charge >= 0.3 is 5.97 Å². The van der Waals surface area contributed by atoms with E-state index >= 15 is 0 Å². The highest BCUT2D eigenvalue weighted by Crippen LogP contribution is 2.29. The molecule has 1 aliphatic rings. The number of carbonyl (C=O) groups is 2. The molecular weight excluding hydrogens is 395 g/mol. The van der Waals surface area contributed by atoms with Gasteiger partial charge in [-0.2, -0.15) is 0 Å². The average Bonchev–Trinajstić information content (AvgIpc) is 3.02. The highest BCUT2D eigenvalue weighted by molar-refractivity contribution is 6.06. The van der Waals surface area contributed by atoms with Crippen molar-refractivity contribution in [3.05, 3.63) is 71.2 Å². The maximum absolute atomic E-state index is 13.2. The number of amides is 1. The lowest BCUT2D eigenvalue weighted by atomic mass is 9.97. The van der Waals surface area contributed by atoms with Crippen molar-refractivity contribution in [2.24, 2.45) is 0 Å². The van der Waals surface area contributed by atoms with Gasteiger partial charge in [-0.3, -0.25) is 9.78 Å². The van der Waals surface area contributed by atoms with Crippen LogP contribution in [-0.2, 0) is 22.4 Å². The Bertz CT molecular complexity index is 1110. The van der Waals surface area contributed by atoms with Gasteiger partial charge in [0.05, 0.1) is 11.1 Å². The number of rotatable bonds is 5.